The van der Waals surface area contributed by atoms with Crippen molar-refractivity contribution in [3.05, 3.63) is 54.1 Å². The first kappa shape index (κ1) is 18.3. The zero-order chi connectivity index (χ0) is 18.5. The SMILES string of the molecule is CC(C)c1cccc(NC(=O)CN2CCN(c3ccc(O)cc3)CC2)c1. The maximum absolute atomic E-state index is 12.4. The molecule has 1 heterocycles. The average molecular weight is 353 g/mol. The smallest absolute Gasteiger partial charge is 0.238 e. The minimum Gasteiger partial charge on any atom is -0.508 e. The van der Waals surface area contributed by atoms with Gasteiger partial charge in [0.05, 0.1) is 6.54 Å². The number of rotatable bonds is 5. The van der Waals surface area contributed by atoms with Crippen LogP contribution in [-0.2, 0) is 4.79 Å². The van der Waals surface area contributed by atoms with Gasteiger partial charge in [-0.15, -0.1) is 0 Å². The average Bonchev–Trinajstić information content (AvgIpc) is 2.63. The number of amides is 1. The van der Waals surface area contributed by atoms with E-state index in [0.29, 0.717) is 12.5 Å². The van der Waals surface area contributed by atoms with Crippen molar-refractivity contribution >= 4 is 17.3 Å². The van der Waals surface area contributed by atoms with E-state index in [0.717, 1.165) is 37.6 Å². The Morgan fingerprint density at radius 2 is 1.77 bits per heavy atom. The van der Waals surface area contributed by atoms with Crippen LogP contribution >= 0.6 is 0 Å². The van der Waals surface area contributed by atoms with E-state index in [1.165, 1.54) is 5.56 Å². The highest BCUT2D eigenvalue weighted by Crippen LogP contribution is 2.20. The Kier molecular flexibility index (Phi) is 5.78. The lowest BCUT2D eigenvalue weighted by molar-refractivity contribution is -0.117. The van der Waals surface area contributed by atoms with Crippen molar-refractivity contribution in [2.24, 2.45) is 0 Å². The number of hydrogen-bond acceptors (Lipinski definition) is 4. The molecule has 2 N–H and O–H groups in total. The van der Waals surface area contributed by atoms with Crippen LogP contribution in [0.4, 0.5) is 11.4 Å². The van der Waals surface area contributed by atoms with Crippen molar-refractivity contribution in [3.63, 3.8) is 0 Å². The molecule has 2 aromatic rings. The summed E-state index contributed by atoms with van der Waals surface area (Å²) < 4.78 is 0. The molecule has 0 spiro atoms. The standard InChI is InChI=1S/C21H27N3O2/c1-16(2)17-4-3-5-18(14-17)22-21(26)15-23-10-12-24(13-11-23)19-6-8-20(25)9-7-19/h3-9,14,16,25H,10-13,15H2,1-2H3,(H,22,26). The predicted octanol–water partition coefficient (Wildman–Crippen LogP) is 3.28. The predicted molar refractivity (Wildman–Crippen MR) is 106 cm³/mol. The fourth-order valence-electron chi connectivity index (χ4n) is 3.21. The Bertz CT molecular complexity index is 735. The molecule has 1 amide bonds. The first-order valence-corrected chi connectivity index (χ1v) is 9.17. The first-order chi connectivity index (χ1) is 12.5. The van der Waals surface area contributed by atoms with Crippen LogP contribution in [-0.4, -0.2) is 48.6 Å². The third kappa shape index (κ3) is 4.76. The zero-order valence-corrected chi connectivity index (χ0v) is 15.5. The highest BCUT2D eigenvalue weighted by Gasteiger charge is 2.19. The number of anilines is 2. The molecular formula is C21H27N3O2. The highest BCUT2D eigenvalue weighted by atomic mass is 16.3. The molecule has 0 saturated carbocycles. The molecular weight excluding hydrogens is 326 g/mol. The summed E-state index contributed by atoms with van der Waals surface area (Å²) in [5.74, 6) is 0.759. The van der Waals surface area contributed by atoms with E-state index in [9.17, 15) is 9.90 Å². The quantitative estimate of drug-likeness (QED) is 0.866. The fourth-order valence-corrected chi connectivity index (χ4v) is 3.21. The van der Waals surface area contributed by atoms with Crippen LogP contribution in [0.1, 0.15) is 25.3 Å². The maximum atomic E-state index is 12.4. The summed E-state index contributed by atoms with van der Waals surface area (Å²) in [4.78, 5) is 16.8. The van der Waals surface area contributed by atoms with Crippen molar-refractivity contribution in [2.45, 2.75) is 19.8 Å². The molecule has 5 nitrogen and oxygen atoms in total. The summed E-state index contributed by atoms with van der Waals surface area (Å²) in [5, 5.41) is 12.4. The second-order valence-electron chi connectivity index (χ2n) is 7.11. The van der Waals surface area contributed by atoms with Crippen molar-refractivity contribution in [1.82, 2.24) is 4.90 Å². The van der Waals surface area contributed by atoms with Gasteiger partial charge in [-0.3, -0.25) is 9.69 Å². The van der Waals surface area contributed by atoms with Gasteiger partial charge in [-0.25, -0.2) is 0 Å². The summed E-state index contributed by atoms with van der Waals surface area (Å²) in [6.07, 6.45) is 0. The van der Waals surface area contributed by atoms with Crippen LogP contribution in [0.3, 0.4) is 0 Å². The number of nitrogens with one attached hydrogen (secondary N) is 1. The molecule has 0 atom stereocenters. The minimum atomic E-state index is 0.0315. The zero-order valence-electron chi connectivity index (χ0n) is 15.5. The van der Waals surface area contributed by atoms with Gasteiger partial charge in [0.2, 0.25) is 5.91 Å². The molecule has 1 aliphatic heterocycles. The Morgan fingerprint density at radius 3 is 2.42 bits per heavy atom. The summed E-state index contributed by atoms with van der Waals surface area (Å²) in [7, 11) is 0. The molecule has 0 unspecified atom stereocenters. The van der Waals surface area contributed by atoms with E-state index in [2.05, 4.69) is 35.0 Å². The number of aromatic hydroxyl groups is 1. The Labute approximate surface area is 155 Å². The van der Waals surface area contributed by atoms with E-state index in [-0.39, 0.29) is 11.7 Å². The van der Waals surface area contributed by atoms with Crippen LogP contribution in [0.2, 0.25) is 0 Å². The lowest BCUT2D eigenvalue weighted by Crippen LogP contribution is -2.48. The number of carbonyl (C=O) groups excluding carboxylic acids is 1. The minimum absolute atomic E-state index is 0.0315. The molecule has 0 bridgehead atoms. The summed E-state index contributed by atoms with van der Waals surface area (Å²) in [6, 6.07) is 15.3. The van der Waals surface area contributed by atoms with E-state index < -0.39 is 0 Å². The van der Waals surface area contributed by atoms with Gasteiger partial charge in [-0.05, 0) is 47.9 Å². The molecule has 1 aliphatic rings. The van der Waals surface area contributed by atoms with Gasteiger partial charge >= 0.3 is 0 Å². The number of phenols is 1. The monoisotopic (exact) mass is 353 g/mol. The number of benzene rings is 2. The summed E-state index contributed by atoms with van der Waals surface area (Å²) in [5.41, 5.74) is 3.20. The van der Waals surface area contributed by atoms with E-state index in [1.807, 2.05) is 30.3 Å². The number of carbonyl (C=O) groups is 1. The lowest BCUT2D eigenvalue weighted by atomic mass is 10.0. The second kappa shape index (κ2) is 8.23. The summed E-state index contributed by atoms with van der Waals surface area (Å²) >= 11 is 0. The van der Waals surface area contributed by atoms with Gasteiger partial charge in [0.25, 0.3) is 0 Å². The van der Waals surface area contributed by atoms with Crippen molar-refractivity contribution in [2.75, 3.05) is 42.9 Å². The van der Waals surface area contributed by atoms with Crippen molar-refractivity contribution in [1.29, 1.82) is 0 Å². The third-order valence-electron chi connectivity index (χ3n) is 4.79. The van der Waals surface area contributed by atoms with Crippen LogP contribution in [0, 0.1) is 0 Å². The molecule has 2 aromatic carbocycles. The number of phenolic OH excluding ortho intramolecular Hbond substituents is 1. The Hall–Kier alpha value is -2.53. The van der Waals surface area contributed by atoms with Crippen LogP contribution in [0.25, 0.3) is 0 Å². The topological polar surface area (TPSA) is 55.8 Å². The molecule has 1 fully saturated rings. The maximum Gasteiger partial charge on any atom is 0.238 e. The van der Waals surface area contributed by atoms with E-state index >= 15 is 0 Å². The van der Waals surface area contributed by atoms with E-state index in [4.69, 9.17) is 0 Å². The fraction of sp³-hybridized carbons (Fsp3) is 0.381. The molecule has 1 saturated heterocycles. The Morgan fingerprint density at radius 1 is 1.08 bits per heavy atom. The van der Waals surface area contributed by atoms with Crippen LogP contribution < -0.4 is 10.2 Å². The van der Waals surface area contributed by atoms with Crippen molar-refractivity contribution in [3.8, 4) is 5.75 Å². The molecule has 0 radical (unpaired) electrons. The molecule has 0 aliphatic carbocycles. The van der Waals surface area contributed by atoms with Gasteiger partial charge in [0.1, 0.15) is 5.75 Å². The molecule has 0 aromatic heterocycles. The normalized spacial score (nSPS) is 15.3. The second-order valence-corrected chi connectivity index (χ2v) is 7.11. The number of nitrogens with zero attached hydrogens (tertiary/aromatic N) is 2. The van der Waals surface area contributed by atoms with Gasteiger partial charge in [0.15, 0.2) is 0 Å². The summed E-state index contributed by atoms with van der Waals surface area (Å²) in [6.45, 7) is 8.15. The Balaban J connectivity index is 1.49. The molecule has 26 heavy (non-hydrogen) atoms. The number of piperazine rings is 1. The lowest BCUT2D eigenvalue weighted by Gasteiger charge is -2.35. The van der Waals surface area contributed by atoms with Crippen LogP contribution in [0.5, 0.6) is 5.75 Å². The third-order valence-corrected chi connectivity index (χ3v) is 4.79. The molecule has 3 rings (SSSR count). The van der Waals surface area contributed by atoms with Gasteiger partial charge < -0.3 is 15.3 Å². The highest BCUT2D eigenvalue weighted by molar-refractivity contribution is 5.92. The van der Waals surface area contributed by atoms with Crippen molar-refractivity contribution < 1.29 is 9.90 Å². The van der Waals surface area contributed by atoms with Crippen LogP contribution in [0.15, 0.2) is 48.5 Å². The largest absolute Gasteiger partial charge is 0.508 e. The molecule has 138 valence electrons. The van der Waals surface area contributed by atoms with Gasteiger partial charge in [-0.1, -0.05) is 26.0 Å². The number of hydrogen-bond donors (Lipinski definition) is 2. The molecule has 5 heteroatoms. The first-order valence-electron chi connectivity index (χ1n) is 9.17. The van der Waals surface area contributed by atoms with Gasteiger partial charge in [-0.2, -0.15) is 0 Å². The van der Waals surface area contributed by atoms with E-state index in [1.54, 1.807) is 12.1 Å². The van der Waals surface area contributed by atoms with Gasteiger partial charge in [0, 0.05) is 37.6 Å².